The summed E-state index contributed by atoms with van der Waals surface area (Å²) in [5, 5.41) is 0. The predicted molar refractivity (Wildman–Crippen MR) is 60.0 cm³/mol. The Morgan fingerprint density at radius 1 is 1.07 bits per heavy atom. The molecular weight excluding hydrogens is 170 g/mol. The Labute approximate surface area is 86.3 Å². The van der Waals surface area contributed by atoms with Crippen LogP contribution >= 0.6 is 0 Å². The molecular formula is C13H19N. The van der Waals surface area contributed by atoms with E-state index in [0.717, 1.165) is 18.4 Å². The number of rotatable bonds is 4. The summed E-state index contributed by atoms with van der Waals surface area (Å²) in [7, 11) is 0. The molecule has 2 atom stereocenters. The Hall–Kier alpha value is -0.820. The average Bonchev–Trinajstić information content (AvgIpc) is 2.19. The molecule has 0 amide bonds. The van der Waals surface area contributed by atoms with Crippen LogP contribution in [0.15, 0.2) is 30.3 Å². The number of aryl methyl sites for hydroxylation is 1. The molecule has 1 heteroatoms. The van der Waals surface area contributed by atoms with Crippen molar-refractivity contribution in [3.05, 3.63) is 35.9 Å². The first-order valence-electron chi connectivity index (χ1n) is 5.64. The largest absolute Gasteiger partial charge is 0.330 e. The minimum absolute atomic E-state index is 0.818. The molecule has 0 aromatic heterocycles. The third-order valence-corrected chi connectivity index (χ3v) is 3.52. The zero-order valence-electron chi connectivity index (χ0n) is 8.65. The lowest BCUT2D eigenvalue weighted by atomic mass is 9.71. The van der Waals surface area contributed by atoms with Crippen LogP contribution in [0.2, 0.25) is 0 Å². The summed E-state index contributed by atoms with van der Waals surface area (Å²) in [6, 6.07) is 10.8. The fourth-order valence-corrected chi connectivity index (χ4v) is 2.33. The van der Waals surface area contributed by atoms with E-state index in [9.17, 15) is 0 Å². The van der Waals surface area contributed by atoms with Gasteiger partial charge in [0.15, 0.2) is 0 Å². The van der Waals surface area contributed by atoms with Crippen LogP contribution in [0.5, 0.6) is 0 Å². The molecule has 1 nitrogen and oxygen atoms in total. The maximum absolute atomic E-state index is 5.69. The summed E-state index contributed by atoms with van der Waals surface area (Å²) < 4.78 is 0. The van der Waals surface area contributed by atoms with E-state index in [2.05, 4.69) is 30.3 Å². The van der Waals surface area contributed by atoms with Crippen LogP contribution in [0.3, 0.4) is 0 Å². The molecule has 1 aromatic carbocycles. The van der Waals surface area contributed by atoms with Crippen LogP contribution in [-0.4, -0.2) is 6.54 Å². The van der Waals surface area contributed by atoms with Crippen LogP contribution in [-0.2, 0) is 6.42 Å². The van der Waals surface area contributed by atoms with E-state index in [0.29, 0.717) is 0 Å². The summed E-state index contributed by atoms with van der Waals surface area (Å²) in [6.07, 6.45) is 5.30. The van der Waals surface area contributed by atoms with E-state index in [1.54, 1.807) is 0 Å². The normalized spacial score (nSPS) is 25.8. The fraction of sp³-hybridized carbons (Fsp3) is 0.538. The minimum Gasteiger partial charge on any atom is -0.330 e. The van der Waals surface area contributed by atoms with Crippen molar-refractivity contribution in [3.63, 3.8) is 0 Å². The first-order valence-corrected chi connectivity index (χ1v) is 5.64. The molecule has 0 spiro atoms. The molecule has 14 heavy (non-hydrogen) atoms. The van der Waals surface area contributed by atoms with Gasteiger partial charge in [0.2, 0.25) is 0 Å². The average molecular weight is 189 g/mol. The van der Waals surface area contributed by atoms with Crippen LogP contribution in [0.4, 0.5) is 0 Å². The molecule has 1 aliphatic rings. The lowest BCUT2D eigenvalue weighted by Gasteiger charge is -2.35. The molecule has 2 rings (SSSR count). The van der Waals surface area contributed by atoms with Gasteiger partial charge in [0.1, 0.15) is 0 Å². The SMILES string of the molecule is NCC1CCC1CCc1ccccc1. The minimum atomic E-state index is 0.818. The van der Waals surface area contributed by atoms with Gasteiger partial charge in [-0.05, 0) is 49.6 Å². The highest BCUT2D eigenvalue weighted by atomic mass is 14.6. The maximum atomic E-state index is 5.69. The molecule has 0 heterocycles. The molecule has 76 valence electrons. The zero-order valence-corrected chi connectivity index (χ0v) is 8.65. The molecule has 1 fully saturated rings. The summed E-state index contributed by atoms with van der Waals surface area (Å²) in [4.78, 5) is 0. The number of hydrogen-bond donors (Lipinski definition) is 1. The molecule has 0 aliphatic heterocycles. The monoisotopic (exact) mass is 189 g/mol. The van der Waals surface area contributed by atoms with Crippen LogP contribution in [0, 0.1) is 11.8 Å². The summed E-state index contributed by atoms with van der Waals surface area (Å²) in [6.45, 7) is 0.888. The second kappa shape index (κ2) is 4.61. The van der Waals surface area contributed by atoms with Crippen molar-refractivity contribution in [3.8, 4) is 0 Å². The van der Waals surface area contributed by atoms with Gasteiger partial charge in [-0.1, -0.05) is 30.3 Å². The molecule has 1 saturated carbocycles. The Balaban J connectivity index is 1.78. The van der Waals surface area contributed by atoms with Crippen molar-refractivity contribution in [1.29, 1.82) is 0 Å². The highest BCUT2D eigenvalue weighted by molar-refractivity contribution is 5.14. The van der Waals surface area contributed by atoms with Crippen molar-refractivity contribution in [2.24, 2.45) is 17.6 Å². The van der Waals surface area contributed by atoms with Crippen LogP contribution in [0.25, 0.3) is 0 Å². The first-order chi connectivity index (χ1) is 6.90. The first kappa shape index (κ1) is 9.72. The third kappa shape index (κ3) is 2.16. The van der Waals surface area contributed by atoms with Crippen LogP contribution in [0.1, 0.15) is 24.8 Å². The third-order valence-electron chi connectivity index (χ3n) is 3.52. The number of nitrogens with two attached hydrogens (primary N) is 1. The summed E-state index contributed by atoms with van der Waals surface area (Å²) in [5.41, 5.74) is 7.16. The van der Waals surface area contributed by atoms with Gasteiger partial charge in [-0.2, -0.15) is 0 Å². The Morgan fingerprint density at radius 3 is 2.36 bits per heavy atom. The lowest BCUT2D eigenvalue weighted by Crippen LogP contribution is -2.32. The molecule has 1 aromatic rings. The lowest BCUT2D eigenvalue weighted by molar-refractivity contribution is 0.172. The molecule has 1 aliphatic carbocycles. The van der Waals surface area contributed by atoms with Gasteiger partial charge in [-0.15, -0.1) is 0 Å². The molecule has 2 unspecified atom stereocenters. The number of hydrogen-bond acceptors (Lipinski definition) is 1. The zero-order chi connectivity index (χ0) is 9.80. The van der Waals surface area contributed by atoms with Gasteiger partial charge in [0, 0.05) is 0 Å². The van der Waals surface area contributed by atoms with Crippen molar-refractivity contribution >= 4 is 0 Å². The van der Waals surface area contributed by atoms with E-state index in [-0.39, 0.29) is 0 Å². The summed E-state index contributed by atoms with van der Waals surface area (Å²) in [5.74, 6) is 1.72. The van der Waals surface area contributed by atoms with Crippen molar-refractivity contribution < 1.29 is 0 Å². The highest BCUT2D eigenvalue weighted by Crippen LogP contribution is 2.36. The molecule has 2 N–H and O–H groups in total. The second-order valence-electron chi connectivity index (χ2n) is 4.36. The Morgan fingerprint density at radius 2 is 1.79 bits per heavy atom. The predicted octanol–water partition coefficient (Wildman–Crippen LogP) is 2.60. The molecule has 0 radical (unpaired) electrons. The quantitative estimate of drug-likeness (QED) is 0.774. The van der Waals surface area contributed by atoms with Crippen molar-refractivity contribution in [1.82, 2.24) is 0 Å². The highest BCUT2D eigenvalue weighted by Gasteiger charge is 2.28. The maximum Gasteiger partial charge on any atom is -0.00462 e. The van der Waals surface area contributed by atoms with E-state index < -0.39 is 0 Å². The van der Waals surface area contributed by atoms with Crippen molar-refractivity contribution in [2.45, 2.75) is 25.7 Å². The molecule has 0 bridgehead atoms. The van der Waals surface area contributed by atoms with E-state index >= 15 is 0 Å². The molecule has 0 saturated heterocycles. The number of benzene rings is 1. The Kier molecular flexibility index (Phi) is 3.20. The van der Waals surface area contributed by atoms with Gasteiger partial charge in [-0.3, -0.25) is 0 Å². The van der Waals surface area contributed by atoms with Gasteiger partial charge in [-0.25, -0.2) is 0 Å². The fourth-order valence-electron chi connectivity index (χ4n) is 2.33. The van der Waals surface area contributed by atoms with E-state index in [1.807, 2.05) is 0 Å². The van der Waals surface area contributed by atoms with Gasteiger partial charge in [0.05, 0.1) is 0 Å². The topological polar surface area (TPSA) is 26.0 Å². The van der Waals surface area contributed by atoms with E-state index in [1.165, 1.54) is 31.2 Å². The van der Waals surface area contributed by atoms with Gasteiger partial charge < -0.3 is 5.73 Å². The van der Waals surface area contributed by atoms with Crippen molar-refractivity contribution in [2.75, 3.05) is 6.54 Å². The Bertz CT molecular complexity index is 266. The summed E-state index contributed by atoms with van der Waals surface area (Å²) >= 11 is 0. The second-order valence-corrected chi connectivity index (χ2v) is 4.36. The van der Waals surface area contributed by atoms with Crippen LogP contribution < -0.4 is 5.73 Å². The van der Waals surface area contributed by atoms with E-state index in [4.69, 9.17) is 5.73 Å². The smallest absolute Gasteiger partial charge is 0.00462 e. The standard InChI is InChI=1S/C13H19N/c14-10-13-9-8-12(13)7-6-11-4-2-1-3-5-11/h1-5,12-13H,6-10,14H2. The van der Waals surface area contributed by atoms with Gasteiger partial charge in [0.25, 0.3) is 0 Å². The van der Waals surface area contributed by atoms with Gasteiger partial charge >= 0.3 is 0 Å².